The molecule has 0 saturated carbocycles. The van der Waals surface area contributed by atoms with Crippen LogP contribution >= 0.6 is 0 Å². The standard InChI is InChI=1S/C15H14N2O3/c1-3-4-12-13(15(18)19-2)20-14(17-12)11-7-5-10(9-16)6-8-11/h5-8H,3-4H2,1-2H3. The summed E-state index contributed by atoms with van der Waals surface area (Å²) in [7, 11) is 1.31. The quantitative estimate of drug-likeness (QED) is 0.798. The molecule has 0 radical (unpaired) electrons. The van der Waals surface area contributed by atoms with Crippen molar-refractivity contribution in [2.75, 3.05) is 7.11 Å². The Kier molecular flexibility index (Phi) is 4.16. The highest BCUT2D eigenvalue weighted by Gasteiger charge is 2.20. The number of esters is 1. The number of nitrogens with zero attached hydrogens (tertiary/aromatic N) is 2. The van der Waals surface area contributed by atoms with Gasteiger partial charge in [-0.15, -0.1) is 0 Å². The summed E-state index contributed by atoms with van der Waals surface area (Å²) in [5.74, 6) is -0.0205. The Hall–Kier alpha value is -2.61. The number of methoxy groups -OCH3 is 1. The van der Waals surface area contributed by atoms with Gasteiger partial charge < -0.3 is 9.15 Å². The van der Waals surface area contributed by atoms with Crippen LogP contribution in [0.4, 0.5) is 0 Å². The van der Waals surface area contributed by atoms with Crippen molar-refractivity contribution in [2.45, 2.75) is 19.8 Å². The summed E-state index contributed by atoms with van der Waals surface area (Å²) in [6.45, 7) is 2.00. The van der Waals surface area contributed by atoms with Gasteiger partial charge in [0.1, 0.15) is 0 Å². The normalized spacial score (nSPS) is 10.1. The number of hydrogen-bond acceptors (Lipinski definition) is 5. The minimum absolute atomic E-state index is 0.147. The molecule has 0 aliphatic heterocycles. The van der Waals surface area contributed by atoms with Gasteiger partial charge in [0.25, 0.3) is 0 Å². The molecule has 0 fully saturated rings. The topological polar surface area (TPSA) is 76.1 Å². The van der Waals surface area contributed by atoms with Crippen molar-refractivity contribution < 1.29 is 13.9 Å². The molecule has 0 atom stereocenters. The number of rotatable bonds is 4. The van der Waals surface area contributed by atoms with E-state index in [2.05, 4.69) is 4.98 Å². The summed E-state index contributed by atoms with van der Waals surface area (Å²) in [6.07, 6.45) is 1.49. The van der Waals surface area contributed by atoms with Crippen molar-refractivity contribution in [1.29, 1.82) is 5.26 Å². The summed E-state index contributed by atoms with van der Waals surface area (Å²) in [6, 6.07) is 8.87. The molecule has 0 N–H and O–H groups in total. The molecular formula is C15H14N2O3. The van der Waals surface area contributed by atoms with Crippen LogP contribution in [0.1, 0.15) is 35.2 Å². The SMILES string of the molecule is CCCc1nc(-c2ccc(C#N)cc2)oc1C(=O)OC. The second kappa shape index (κ2) is 6.02. The summed E-state index contributed by atoms with van der Waals surface area (Å²) in [5, 5.41) is 8.77. The van der Waals surface area contributed by atoms with Crippen LogP contribution in [-0.4, -0.2) is 18.1 Å². The van der Waals surface area contributed by atoms with Crippen molar-refractivity contribution in [3.63, 3.8) is 0 Å². The second-order valence-corrected chi connectivity index (χ2v) is 4.23. The number of aromatic nitrogens is 1. The summed E-state index contributed by atoms with van der Waals surface area (Å²) < 4.78 is 10.2. The predicted molar refractivity (Wildman–Crippen MR) is 72.0 cm³/mol. The largest absolute Gasteiger partial charge is 0.463 e. The number of benzene rings is 1. The average Bonchev–Trinajstić information content (AvgIpc) is 2.91. The van der Waals surface area contributed by atoms with E-state index in [1.54, 1.807) is 24.3 Å². The highest BCUT2D eigenvalue weighted by molar-refractivity contribution is 5.88. The molecule has 1 heterocycles. The van der Waals surface area contributed by atoms with Crippen LogP contribution in [0.15, 0.2) is 28.7 Å². The molecule has 0 spiro atoms. The van der Waals surface area contributed by atoms with E-state index in [4.69, 9.17) is 14.4 Å². The van der Waals surface area contributed by atoms with Gasteiger partial charge in [-0.3, -0.25) is 0 Å². The number of ether oxygens (including phenoxy) is 1. The van der Waals surface area contributed by atoms with Crippen molar-refractivity contribution in [3.8, 4) is 17.5 Å². The van der Waals surface area contributed by atoms with E-state index in [1.807, 2.05) is 13.0 Å². The molecule has 5 nitrogen and oxygen atoms in total. The molecule has 0 bridgehead atoms. The Labute approximate surface area is 116 Å². The average molecular weight is 270 g/mol. The van der Waals surface area contributed by atoms with Crippen LogP contribution in [0.2, 0.25) is 0 Å². The molecule has 0 amide bonds. The van der Waals surface area contributed by atoms with Crippen LogP contribution in [0.25, 0.3) is 11.5 Å². The fraction of sp³-hybridized carbons (Fsp3) is 0.267. The van der Waals surface area contributed by atoms with E-state index in [9.17, 15) is 4.79 Å². The van der Waals surface area contributed by atoms with Gasteiger partial charge in [0, 0.05) is 5.56 Å². The summed E-state index contributed by atoms with van der Waals surface area (Å²) in [4.78, 5) is 16.0. The fourth-order valence-corrected chi connectivity index (χ4v) is 1.82. The Morgan fingerprint density at radius 3 is 2.65 bits per heavy atom. The Morgan fingerprint density at radius 2 is 2.10 bits per heavy atom. The van der Waals surface area contributed by atoms with Crippen LogP contribution in [0.3, 0.4) is 0 Å². The first-order chi connectivity index (χ1) is 9.69. The van der Waals surface area contributed by atoms with Crippen LogP contribution < -0.4 is 0 Å². The van der Waals surface area contributed by atoms with Crippen molar-refractivity contribution in [3.05, 3.63) is 41.3 Å². The zero-order valence-electron chi connectivity index (χ0n) is 11.3. The summed E-state index contributed by atoms with van der Waals surface area (Å²) in [5.41, 5.74) is 1.87. The molecule has 5 heteroatoms. The maximum atomic E-state index is 11.7. The number of nitriles is 1. The highest BCUT2D eigenvalue weighted by atomic mass is 16.5. The van der Waals surface area contributed by atoms with Crippen LogP contribution in [0, 0.1) is 11.3 Å². The van der Waals surface area contributed by atoms with E-state index in [0.29, 0.717) is 23.6 Å². The van der Waals surface area contributed by atoms with Crippen LogP contribution in [-0.2, 0) is 11.2 Å². The van der Waals surface area contributed by atoms with Gasteiger partial charge in [0.15, 0.2) is 0 Å². The molecule has 0 aliphatic rings. The minimum Gasteiger partial charge on any atom is -0.463 e. The molecule has 0 saturated heterocycles. The van der Waals surface area contributed by atoms with Gasteiger partial charge in [-0.25, -0.2) is 9.78 Å². The molecule has 2 rings (SSSR count). The fourth-order valence-electron chi connectivity index (χ4n) is 1.82. The first-order valence-electron chi connectivity index (χ1n) is 6.28. The Balaban J connectivity index is 2.41. The Morgan fingerprint density at radius 1 is 1.40 bits per heavy atom. The van der Waals surface area contributed by atoms with Gasteiger partial charge in [-0.2, -0.15) is 5.26 Å². The second-order valence-electron chi connectivity index (χ2n) is 4.23. The molecule has 1 aromatic heterocycles. The molecule has 102 valence electrons. The number of oxazole rings is 1. The minimum atomic E-state index is -0.527. The molecule has 20 heavy (non-hydrogen) atoms. The lowest BCUT2D eigenvalue weighted by molar-refractivity contribution is 0.0564. The lowest BCUT2D eigenvalue weighted by atomic mass is 10.1. The van der Waals surface area contributed by atoms with E-state index in [-0.39, 0.29) is 5.76 Å². The Bertz CT molecular complexity index is 651. The highest BCUT2D eigenvalue weighted by Crippen LogP contribution is 2.23. The molecule has 0 unspecified atom stereocenters. The molecule has 2 aromatic rings. The monoisotopic (exact) mass is 270 g/mol. The zero-order chi connectivity index (χ0) is 14.5. The number of carbonyl (C=O) groups excluding carboxylic acids is 1. The third kappa shape index (κ3) is 2.69. The predicted octanol–water partition coefficient (Wildman–Crippen LogP) is 2.95. The van der Waals surface area contributed by atoms with Gasteiger partial charge in [-0.1, -0.05) is 13.3 Å². The van der Waals surface area contributed by atoms with E-state index >= 15 is 0 Å². The summed E-state index contributed by atoms with van der Waals surface area (Å²) >= 11 is 0. The molecule has 0 aliphatic carbocycles. The third-order valence-corrected chi connectivity index (χ3v) is 2.82. The number of aryl methyl sites for hydroxylation is 1. The lowest BCUT2D eigenvalue weighted by Gasteiger charge is -1.96. The third-order valence-electron chi connectivity index (χ3n) is 2.82. The van der Waals surface area contributed by atoms with E-state index < -0.39 is 5.97 Å². The van der Waals surface area contributed by atoms with Gasteiger partial charge in [0.2, 0.25) is 11.7 Å². The first-order valence-corrected chi connectivity index (χ1v) is 6.28. The van der Waals surface area contributed by atoms with Crippen molar-refractivity contribution in [2.24, 2.45) is 0 Å². The zero-order valence-corrected chi connectivity index (χ0v) is 11.3. The van der Waals surface area contributed by atoms with E-state index in [0.717, 1.165) is 12.0 Å². The molecular weight excluding hydrogens is 256 g/mol. The van der Waals surface area contributed by atoms with Gasteiger partial charge in [-0.05, 0) is 30.7 Å². The maximum absolute atomic E-state index is 11.7. The van der Waals surface area contributed by atoms with Crippen LogP contribution in [0.5, 0.6) is 0 Å². The van der Waals surface area contributed by atoms with Gasteiger partial charge >= 0.3 is 5.97 Å². The number of carbonyl (C=O) groups is 1. The maximum Gasteiger partial charge on any atom is 0.376 e. The number of hydrogen-bond donors (Lipinski definition) is 0. The molecule has 1 aromatic carbocycles. The van der Waals surface area contributed by atoms with Gasteiger partial charge in [0.05, 0.1) is 24.4 Å². The van der Waals surface area contributed by atoms with Crippen molar-refractivity contribution >= 4 is 5.97 Å². The van der Waals surface area contributed by atoms with Crippen molar-refractivity contribution in [1.82, 2.24) is 4.98 Å². The first kappa shape index (κ1) is 13.8. The smallest absolute Gasteiger partial charge is 0.376 e. The van der Waals surface area contributed by atoms with E-state index in [1.165, 1.54) is 7.11 Å². The lowest BCUT2D eigenvalue weighted by Crippen LogP contribution is -2.03.